The third kappa shape index (κ3) is 2.60. The van der Waals surface area contributed by atoms with Gasteiger partial charge in [0.05, 0.1) is 0 Å². The average molecular weight is 250 g/mol. The molecule has 3 aliphatic rings. The van der Waals surface area contributed by atoms with Crippen LogP contribution in [-0.2, 0) is 0 Å². The Kier molecular flexibility index (Phi) is 3.95. The Labute approximate surface area is 113 Å². The Morgan fingerprint density at radius 2 is 2.11 bits per heavy atom. The van der Waals surface area contributed by atoms with E-state index in [1.54, 1.807) is 12.8 Å². The molecule has 5 unspecified atom stereocenters. The first-order chi connectivity index (χ1) is 8.76. The van der Waals surface area contributed by atoms with Crippen molar-refractivity contribution < 1.29 is 0 Å². The summed E-state index contributed by atoms with van der Waals surface area (Å²) >= 11 is 0. The summed E-state index contributed by atoms with van der Waals surface area (Å²) in [5, 5.41) is 3.72. The molecule has 2 bridgehead atoms. The third-order valence-electron chi connectivity index (χ3n) is 5.77. The lowest BCUT2D eigenvalue weighted by Crippen LogP contribution is -2.56. The molecule has 2 nitrogen and oxygen atoms in total. The molecule has 3 fully saturated rings. The van der Waals surface area contributed by atoms with Crippen LogP contribution in [0.2, 0.25) is 0 Å². The Balaban J connectivity index is 1.54. The first kappa shape index (κ1) is 12.9. The summed E-state index contributed by atoms with van der Waals surface area (Å²) in [7, 11) is 0. The summed E-state index contributed by atoms with van der Waals surface area (Å²) in [5.41, 5.74) is 0. The van der Waals surface area contributed by atoms with Crippen LogP contribution in [0.5, 0.6) is 0 Å². The van der Waals surface area contributed by atoms with Gasteiger partial charge in [-0.15, -0.1) is 0 Å². The van der Waals surface area contributed by atoms with Gasteiger partial charge in [-0.05, 0) is 50.4 Å². The molecule has 5 atom stereocenters. The summed E-state index contributed by atoms with van der Waals surface area (Å²) < 4.78 is 0. The molecule has 0 amide bonds. The lowest BCUT2D eigenvalue weighted by molar-refractivity contribution is 0.101. The van der Waals surface area contributed by atoms with Gasteiger partial charge in [0.25, 0.3) is 0 Å². The van der Waals surface area contributed by atoms with Crippen molar-refractivity contribution in [2.75, 3.05) is 19.6 Å². The van der Waals surface area contributed by atoms with Gasteiger partial charge in [0, 0.05) is 31.7 Å². The first-order valence-electron chi connectivity index (χ1n) is 8.23. The fraction of sp³-hybridized carbons (Fsp3) is 1.00. The second-order valence-electron chi connectivity index (χ2n) is 7.13. The van der Waals surface area contributed by atoms with Crippen molar-refractivity contribution in [2.24, 2.45) is 17.8 Å². The lowest BCUT2D eigenvalue weighted by Gasteiger charge is -2.41. The van der Waals surface area contributed by atoms with Crippen molar-refractivity contribution in [3.63, 3.8) is 0 Å². The summed E-state index contributed by atoms with van der Waals surface area (Å²) in [5.74, 6) is 3.22. The minimum atomic E-state index is 0.747. The SMILES string of the molecule is CCCC1CN(CC2CC3CCC2C3)C(C)CN1. The van der Waals surface area contributed by atoms with Crippen LogP contribution in [0.1, 0.15) is 52.4 Å². The van der Waals surface area contributed by atoms with Gasteiger partial charge >= 0.3 is 0 Å². The van der Waals surface area contributed by atoms with Crippen LogP contribution >= 0.6 is 0 Å². The maximum Gasteiger partial charge on any atom is 0.0195 e. The van der Waals surface area contributed by atoms with Crippen molar-refractivity contribution in [2.45, 2.75) is 64.5 Å². The van der Waals surface area contributed by atoms with Crippen LogP contribution in [0.3, 0.4) is 0 Å². The fourth-order valence-corrected chi connectivity index (χ4v) is 4.69. The smallest absolute Gasteiger partial charge is 0.0195 e. The van der Waals surface area contributed by atoms with Gasteiger partial charge in [-0.1, -0.05) is 19.8 Å². The molecule has 1 aliphatic heterocycles. The largest absolute Gasteiger partial charge is 0.311 e. The van der Waals surface area contributed by atoms with Crippen molar-refractivity contribution >= 4 is 0 Å². The van der Waals surface area contributed by atoms with Crippen LogP contribution in [0.25, 0.3) is 0 Å². The van der Waals surface area contributed by atoms with E-state index >= 15 is 0 Å². The highest BCUT2D eigenvalue weighted by atomic mass is 15.2. The molecule has 0 aromatic carbocycles. The number of nitrogens with one attached hydrogen (secondary N) is 1. The lowest BCUT2D eigenvalue weighted by atomic mass is 9.87. The van der Waals surface area contributed by atoms with Crippen molar-refractivity contribution in [1.29, 1.82) is 0 Å². The van der Waals surface area contributed by atoms with Crippen LogP contribution in [0.15, 0.2) is 0 Å². The first-order valence-corrected chi connectivity index (χ1v) is 8.23. The standard InChI is InChI=1S/C16H30N2/c1-3-4-16-11-18(12(2)9-17-16)10-15-8-13-5-6-14(15)7-13/h12-17H,3-11H2,1-2H3. The van der Waals surface area contributed by atoms with E-state index in [0.717, 1.165) is 29.8 Å². The Hall–Kier alpha value is -0.0800. The number of nitrogens with zero attached hydrogens (tertiary/aromatic N) is 1. The van der Waals surface area contributed by atoms with E-state index in [2.05, 4.69) is 24.1 Å². The number of piperazine rings is 1. The number of rotatable bonds is 4. The van der Waals surface area contributed by atoms with E-state index in [0.29, 0.717) is 0 Å². The normalized spacial score (nSPS) is 44.7. The average Bonchev–Trinajstić information content (AvgIpc) is 2.96. The molecule has 2 heteroatoms. The maximum absolute atomic E-state index is 3.72. The summed E-state index contributed by atoms with van der Waals surface area (Å²) in [4.78, 5) is 2.79. The quantitative estimate of drug-likeness (QED) is 0.825. The van der Waals surface area contributed by atoms with Crippen molar-refractivity contribution in [1.82, 2.24) is 10.2 Å². The monoisotopic (exact) mass is 250 g/mol. The van der Waals surface area contributed by atoms with Crippen LogP contribution in [0, 0.1) is 17.8 Å². The molecular formula is C16H30N2. The van der Waals surface area contributed by atoms with Crippen LogP contribution < -0.4 is 5.32 Å². The van der Waals surface area contributed by atoms with E-state index in [-0.39, 0.29) is 0 Å². The number of hydrogen-bond acceptors (Lipinski definition) is 2. The number of hydrogen-bond donors (Lipinski definition) is 1. The minimum absolute atomic E-state index is 0.747. The molecule has 3 rings (SSSR count). The Morgan fingerprint density at radius 3 is 2.78 bits per heavy atom. The van der Waals surface area contributed by atoms with Gasteiger partial charge in [0.1, 0.15) is 0 Å². The second-order valence-corrected chi connectivity index (χ2v) is 7.13. The van der Waals surface area contributed by atoms with Crippen molar-refractivity contribution in [3.8, 4) is 0 Å². The second kappa shape index (κ2) is 5.50. The molecule has 0 radical (unpaired) electrons. The van der Waals surface area contributed by atoms with Gasteiger partial charge in [-0.2, -0.15) is 0 Å². The molecule has 0 aromatic heterocycles. The molecule has 1 saturated heterocycles. The van der Waals surface area contributed by atoms with Gasteiger partial charge < -0.3 is 5.32 Å². The highest BCUT2D eigenvalue weighted by molar-refractivity contribution is 4.93. The summed E-state index contributed by atoms with van der Waals surface area (Å²) in [6, 6.07) is 1.50. The zero-order chi connectivity index (χ0) is 12.5. The summed E-state index contributed by atoms with van der Waals surface area (Å²) in [6.07, 6.45) is 8.84. The van der Waals surface area contributed by atoms with E-state index in [4.69, 9.17) is 0 Å². The molecule has 0 aromatic rings. The predicted octanol–water partition coefficient (Wildman–Crippen LogP) is 2.89. The topological polar surface area (TPSA) is 15.3 Å². The predicted molar refractivity (Wildman–Crippen MR) is 76.7 cm³/mol. The zero-order valence-corrected chi connectivity index (χ0v) is 12.2. The van der Waals surface area contributed by atoms with Crippen LogP contribution in [0.4, 0.5) is 0 Å². The Morgan fingerprint density at radius 1 is 1.22 bits per heavy atom. The van der Waals surface area contributed by atoms with Gasteiger partial charge in [0.15, 0.2) is 0 Å². The molecule has 104 valence electrons. The third-order valence-corrected chi connectivity index (χ3v) is 5.77. The fourth-order valence-electron chi connectivity index (χ4n) is 4.69. The minimum Gasteiger partial charge on any atom is -0.311 e. The van der Waals surface area contributed by atoms with Crippen LogP contribution in [-0.4, -0.2) is 36.6 Å². The molecule has 2 aliphatic carbocycles. The molecule has 0 spiro atoms. The maximum atomic E-state index is 3.72. The Bertz CT molecular complexity index is 278. The van der Waals surface area contributed by atoms with E-state index in [1.165, 1.54) is 45.3 Å². The van der Waals surface area contributed by atoms with E-state index < -0.39 is 0 Å². The molecule has 2 saturated carbocycles. The highest BCUT2D eigenvalue weighted by Crippen LogP contribution is 2.48. The molecule has 1 N–H and O–H groups in total. The van der Waals surface area contributed by atoms with Gasteiger partial charge in [-0.3, -0.25) is 4.90 Å². The van der Waals surface area contributed by atoms with E-state index in [1.807, 2.05) is 0 Å². The van der Waals surface area contributed by atoms with E-state index in [9.17, 15) is 0 Å². The molecule has 18 heavy (non-hydrogen) atoms. The molecular weight excluding hydrogens is 220 g/mol. The highest BCUT2D eigenvalue weighted by Gasteiger charge is 2.40. The molecule has 1 heterocycles. The van der Waals surface area contributed by atoms with Crippen molar-refractivity contribution in [3.05, 3.63) is 0 Å². The zero-order valence-electron chi connectivity index (χ0n) is 12.2. The van der Waals surface area contributed by atoms with Gasteiger partial charge in [0.2, 0.25) is 0 Å². The summed E-state index contributed by atoms with van der Waals surface area (Å²) in [6.45, 7) is 8.60. The van der Waals surface area contributed by atoms with Gasteiger partial charge in [-0.25, -0.2) is 0 Å². The number of fused-ring (bicyclic) bond motifs is 2.